The van der Waals surface area contributed by atoms with Gasteiger partial charge in [-0.3, -0.25) is 4.79 Å². The van der Waals surface area contributed by atoms with Gasteiger partial charge in [-0.2, -0.15) is 0 Å². The summed E-state index contributed by atoms with van der Waals surface area (Å²) in [5.41, 5.74) is 0.0618. The van der Waals surface area contributed by atoms with Crippen LogP contribution in [0.15, 0.2) is 0 Å². The van der Waals surface area contributed by atoms with Crippen molar-refractivity contribution >= 4 is 5.91 Å². The van der Waals surface area contributed by atoms with E-state index < -0.39 is 0 Å². The van der Waals surface area contributed by atoms with Gasteiger partial charge in [-0.1, -0.05) is 13.8 Å². The van der Waals surface area contributed by atoms with Gasteiger partial charge in [-0.05, 0) is 45.7 Å². The number of rotatable bonds is 5. The van der Waals surface area contributed by atoms with Crippen LogP contribution in [0.25, 0.3) is 0 Å². The normalized spacial score (nSPS) is 23.4. The number of nitrogens with one attached hydrogen (secondary N) is 2. The summed E-state index contributed by atoms with van der Waals surface area (Å²) >= 11 is 0. The molecule has 0 bridgehead atoms. The van der Waals surface area contributed by atoms with Crippen molar-refractivity contribution in [1.82, 2.24) is 15.5 Å². The van der Waals surface area contributed by atoms with E-state index in [0.717, 1.165) is 32.5 Å². The standard InChI is InChI=1S/C14H29N3O/c1-11(2)17(5)10-9-16-13(18)12-14(3,4)7-6-8-15-12/h11-12,15H,6-10H2,1-5H3,(H,16,18). The smallest absolute Gasteiger partial charge is 0.237 e. The molecular formula is C14H29N3O. The molecule has 18 heavy (non-hydrogen) atoms. The van der Waals surface area contributed by atoms with E-state index in [4.69, 9.17) is 0 Å². The molecule has 0 aromatic rings. The molecular weight excluding hydrogens is 226 g/mol. The second kappa shape index (κ2) is 6.53. The molecule has 1 amide bonds. The predicted molar refractivity (Wildman–Crippen MR) is 75.6 cm³/mol. The number of carbonyl (C=O) groups excluding carboxylic acids is 1. The zero-order chi connectivity index (χ0) is 13.8. The summed E-state index contributed by atoms with van der Waals surface area (Å²) in [6.45, 7) is 11.2. The zero-order valence-electron chi connectivity index (χ0n) is 12.5. The van der Waals surface area contributed by atoms with Crippen LogP contribution < -0.4 is 10.6 Å². The number of likely N-dealkylation sites (N-methyl/N-ethyl adjacent to an activating group) is 1. The maximum absolute atomic E-state index is 12.2. The molecule has 1 rings (SSSR count). The number of piperidine rings is 1. The molecule has 1 heterocycles. The summed E-state index contributed by atoms with van der Waals surface area (Å²) in [5, 5.41) is 6.40. The summed E-state index contributed by atoms with van der Waals surface area (Å²) < 4.78 is 0. The number of amides is 1. The Morgan fingerprint density at radius 1 is 1.50 bits per heavy atom. The third kappa shape index (κ3) is 4.25. The molecule has 1 aliphatic heterocycles. The highest BCUT2D eigenvalue weighted by Gasteiger charge is 2.36. The highest BCUT2D eigenvalue weighted by atomic mass is 16.2. The van der Waals surface area contributed by atoms with Crippen LogP contribution >= 0.6 is 0 Å². The van der Waals surface area contributed by atoms with Crippen LogP contribution in [0.1, 0.15) is 40.5 Å². The molecule has 4 nitrogen and oxygen atoms in total. The summed E-state index contributed by atoms with van der Waals surface area (Å²) in [7, 11) is 2.08. The van der Waals surface area contributed by atoms with E-state index >= 15 is 0 Å². The van der Waals surface area contributed by atoms with Crippen LogP contribution in [0, 0.1) is 5.41 Å². The minimum absolute atomic E-state index is 0.0457. The molecule has 1 unspecified atom stereocenters. The first-order valence-electron chi connectivity index (χ1n) is 7.06. The van der Waals surface area contributed by atoms with Gasteiger partial charge in [0.2, 0.25) is 5.91 Å². The van der Waals surface area contributed by atoms with E-state index in [1.165, 1.54) is 0 Å². The van der Waals surface area contributed by atoms with E-state index in [0.29, 0.717) is 6.04 Å². The van der Waals surface area contributed by atoms with Crippen LogP contribution in [0.4, 0.5) is 0 Å². The van der Waals surface area contributed by atoms with Gasteiger partial charge >= 0.3 is 0 Å². The van der Waals surface area contributed by atoms with Crippen molar-refractivity contribution < 1.29 is 4.79 Å². The highest BCUT2D eigenvalue weighted by Crippen LogP contribution is 2.29. The van der Waals surface area contributed by atoms with Gasteiger partial charge in [-0.25, -0.2) is 0 Å². The van der Waals surface area contributed by atoms with E-state index in [9.17, 15) is 4.79 Å². The minimum Gasteiger partial charge on any atom is -0.353 e. The van der Waals surface area contributed by atoms with Crippen molar-refractivity contribution in [3.05, 3.63) is 0 Å². The van der Waals surface area contributed by atoms with E-state index in [1.54, 1.807) is 0 Å². The average molecular weight is 255 g/mol. The van der Waals surface area contributed by atoms with Crippen molar-refractivity contribution in [2.24, 2.45) is 5.41 Å². The van der Waals surface area contributed by atoms with Crippen LogP contribution in [0.5, 0.6) is 0 Å². The SMILES string of the molecule is CC(C)N(C)CCNC(=O)C1NCCCC1(C)C. The number of hydrogen-bond acceptors (Lipinski definition) is 3. The monoisotopic (exact) mass is 255 g/mol. The lowest BCUT2D eigenvalue weighted by Crippen LogP contribution is -2.56. The van der Waals surface area contributed by atoms with Crippen LogP contribution in [-0.4, -0.2) is 49.6 Å². The second-order valence-corrected chi connectivity index (χ2v) is 6.34. The lowest BCUT2D eigenvalue weighted by Gasteiger charge is -2.38. The lowest BCUT2D eigenvalue weighted by atomic mass is 9.77. The fourth-order valence-corrected chi connectivity index (χ4v) is 2.37. The van der Waals surface area contributed by atoms with Crippen LogP contribution in [0.2, 0.25) is 0 Å². The summed E-state index contributed by atoms with van der Waals surface area (Å²) in [4.78, 5) is 14.4. The first kappa shape index (κ1) is 15.4. The summed E-state index contributed by atoms with van der Waals surface area (Å²) in [5.74, 6) is 0.150. The van der Waals surface area contributed by atoms with Crippen molar-refractivity contribution in [1.29, 1.82) is 0 Å². The largest absolute Gasteiger partial charge is 0.353 e. The van der Waals surface area contributed by atoms with Crippen molar-refractivity contribution in [2.75, 3.05) is 26.7 Å². The van der Waals surface area contributed by atoms with Gasteiger partial charge in [0.15, 0.2) is 0 Å². The van der Waals surface area contributed by atoms with E-state index in [1.807, 2.05) is 0 Å². The molecule has 0 saturated carbocycles. The third-order valence-corrected chi connectivity index (χ3v) is 4.04. The molecule has 0 radical (unpaired) electrons. The Morgan fingerprint density at radius 2 is 2.17 bits per heavy atom. The maximum Gasteiger partial charge on any atom is 0.237 e. The molecule has 0 aromatic heterocycles. The molecule has 2 N–H and O–H groups in total. The van der Waals surface area contributed by atoms with Gasteiger partial charge in [0.25, 0.3) is 0 Å². The molecule has 4 heteroatoms. The lowest BCUT2D eigenvalue weighted by molar-refractivity contribution is -0.126. The zero-order valence-corrected chi connectivity index (χ0v) is 12.5. The third-order valence-electron chi connectivity index (χ3n) is 4.04. The average Bonchev–Trinajstić information content (AvgIpc) is 2.27. The Kier molecular flexibility index (Phi) is 5.60. The van der Waals surface area contributed by atoms with E-state index in [-0.39, 0.29) is 17.4 Å². The van der Waals surface area contributed by atoms with Crippen molar-refractivity contribution in [3.8, 4) is 0 Å². The topological polar surface area (TPSA) is 44.4 Å². The van der Waals surface area contributed by atoms with Gasteiger partial charge in [-0.15, -0.1) is 0 Å². The molecule has 0 aliphatic carbocycles. The van der Waals surface area contributed by atoms with Gasteiger partial charge in [0, 0.05) is 19.1 Å². The molecule has 1 aliphatic rings. The quantitative estimate of drug-likeness (QED) is 0.776. The molecule has 1 atom stereocenters. The van der Waals surface area contributed by atoms with Crippen LogP contribution in [-0.2, 0) is 4.79 Å². The minimum atomic E-state index is -0.0457. The second-order valence-electron chi connectivity index (χ2n) is 6.34. The first-order chi connectivity index (χ1) is 8.34. The van der Waals surface area contributed by atoms with Gasteiger partial charge in [0.1, 0.15) is 0 Å². The van der Waals surface area contributed by atoms with E-state index in [2.05, 4.69) is 50.3 Å². The Bertz CT molecular complexity index is 276. The molecule has 106 valence electrons. The van der Waals surface area contributed by atoms with Gasteiger partial charge < -0.3 is 15.5 Å². The molecule has 1 saturated heterocycles. The fraction of sp³-hybridized carbons (Fsp3) is 0.929. The Morgan fingerprint density at radius 3 is 2.72 bits per heavy atom. The molecule has 0 spiro atoms. The number of hydrogen-bond donors (Lipinski definition) is 2. The van der Waals surface area contributed by atoms with Crippen molar-refractivity contribution in [3.63, 3.8) is 0 Å². The van der Waals surface area contributed by atoms with Gasteiger partial charge in [0.05, 0.1) is 6.04 Å². The van der Waals surface area contributed by atoms with Crippen LogP contribution in [0.3, 0.4) is 0 Å². The maximum atomic E-state index is 12.2. The highest BCUT2D eigenvalue weighted by molar-refractivity contribution is 5.82. The Balaban J connectivity index is 2.36. The number of nitrogens with zero attached hydrogens (tertiary/aromatic N) is 1. The Hall–Kier alpha value is -0.610. The fourth-order valence-electron chi connectivity index (χ4n) is 2.37. The summed E-state index contributed by atoms with van der Waals surface area (Å²) in [6, 6.07) is 0.474. The van der Waals surface area contributed by atoms with Crippen molar-refractivity contribution in [2.45, 2.75) is 52.6 Å². The predicted octanol–water partition coefficient (Wildman–Crippen LogP) is 1.22. The molecule has 0 aromatic carbocycles. The number of carbonyl (C=O) groups is 1. The Labute approximate surface area is 111 Å². The first-order valence-corrected chi connectivity index (χ1v) is 7.06. The molecule has 1 fully saturated rings. The summed E-state index contributed by atoms with van der Waals surface area (Å²) in [6.07, 6.45) is 2.27.